The molecule has 1 heterocycles. The second-order valence-corrected chi connectivity index (χ2v) is 5.81. The maximum atomic E-state index is 6.00. The van der Waals surface area contributed by atoms with Gasteiger partial charge in [0, 0.05) is 19.1 Å². The van der Waals surface area contributed by atoms with E-state index in [1.807, 2.05) is 12.1 Å². The number of nitrogens with zero attached hydrogens (tertiary/aromatic N) is 1. The van der Waals surface area contributed by atoms with Crippen LogP contribution in [0.25, 0.3) is 0 Å². The van der Waals surface area contributed by atoms with E-state index in [1.165, 1.54) is 31.2 Å². The molecule has 2 unspecified atom stereocenters. The van der Waals surface area contributed by atoms with E-state index < -0.39 is 0 Å². The number of ether oxygens (including phenoxy) is 2. The maximum absolute atomic E-state index is 6.00. The molecule has 4 heteroatoms. The fourth-order valence-electron chi connectivity index (χ4n) is 3.49. The van der Waals surface area contributed by atoms with Crippen molar-refractivity contribution in [3.05, 3.63) is 23.8 Å². The molecule has 1 aliphatic carbocycles. The summed E-state index contributed by atoms with van der Waals surface area (Å²) < 4.78 is 11.1. The van der Waals surface area contributed by atoms with E-state index in [1.54, 1.807) is 7.11 Å². The lowest BCUT2D eigenvalue weighted by Crippen LogP contribution is -2.52. The van der Waals surface area contributed by atoms with Gasteiger partial charge in [-0.15, -0.1) is 0 Å². The Morgan fingerprint density at radius 1 is 1.35 bits per heavy atom. The minimum absolute atomic E-state index is 0.438. The van der Waals surface area contributed by atoms with Crippen LogP contribution in [-0.2, 0) is 11.3 Å². The number of hydrogen-bond donors (Lipinski definition) is 1. The molecule has 1 saturated heterocycles. The topological polar surface area (TPSA) is 47.7 Å². The number of nitrogen functional groups attached to an aromatic ring is 1. The molecule has 0 aromatic heterocycles. The minimum atomic E-state index is 0.438. The summed E-state index contributed by atoms with van der Waals surface area (Å²) in [5.41, 5.74) is 7.98. The van der Waals surface area contributed by atoms with E-state index in [9.17, 15) is 0 Å². The lowest BCUT2D eigenvalue weighted by Gasteiger charge is -2.43. The summed E-state index contributed by atoms with van der Waals surface area (Å²) in [4.78, 5) is 2.56. The predicted molar refractivity (Wildman–Crippen MR) is 79.8 cm³/mol. The molecule has 110 valence electrons. The molecular formula is C16H24N2O2. The van der Waals surface area contributed by atoms with Crippen LogP contribution in [-0.4, -0.2) is 37.3 Å². The summed E-state index contributed by atoms with van der Waals surface area (Å²) in [6.07, 6.45) is 5.55. The Bertz CT molecular complexity index is 462. The smallest absolute Gasteiger partial charge is 0.141 e. The van der Waals surface area contributed by atoms with Gasteiger partial charge in [-0.25, -0.2) is 0 Å². The normalized spacial score (nSPS) is 27.1. The average molecular weight is 276 g/mol. The van der Waals surface area contributed by atoms with Gasteiger partial charge in [-0.05, 0) is 30.5 Å². The zero-order chi connectivity index (χ0) is 13.9. The maximum Gasteiger partial charge on any atom is 0.141 e. The molecule has 0 bridgehead atoms. The van der Waals surface area contributed by atoms with E-state index in [0.717, 1.165) is 31.1 Å². The first-order chi connectivity index (χ1) is 9.78. The van der Waals surface area contributed by atoms with Gasteiger partial charge in [0.05, 0.1) is 25.5 Å². The minimum Gasteiger partial charge on any atom is -0.495 e. The second kappa shape index (κ2) is 6.02. The molecule has 0 radical (unpaired) electrons. The molecule has 3 rings (SSSR count). The molecule has 2 atom stereocenters. The highest BCUT2D eigenvalue weighted by Gasteiger charge is 2.33. The van der Waals surface area contributed by atoms with Gasteiger partial charge >= 0.3 is 0 Å². The van der Waals surface area contributed by atoms with Gasteiger partial charge < -0.3 is 15.2 Å². The Morgan fingerprint density at radius 3 is 3.00 bits per heavy atom. The van der Waals surface area contributed by atoms with Gasteiger partial charge in [-0.2, -0.15) is 0 Å². The number of methoxy groups -OCH3 is 1. The molecule has 4 nitrogen and oxygen atoms in total. The van der Waals surface area contributed by atoms with Gasteiger partial charge in [0.2, 0.25) is 0 Å². The van der Waals surface area contributed by atoms with E-state index in [4.69, 9.17) is 15.2 Å². The second-order valence-electron chi connectivity index (χ2n) is 5.81. The van der Waals surface area contributed by atoms with E-state index >= 15 is 0 Å². The van der Waals surface area contributed by atoms with Crippen LogP contribution in [0.15, 0.2) is 18.2 Å². The Balaban J connectivity index is 1.71. The Hall–Kier alpha value is -1.26. The SMILES string of the molecule is COc1ccc(CN2CCOC3CCCCC32)cc1N. The van der Waals surface area contributed by atoms with Gasteiger partial charge in [0.15, 0.2) is 0 Å². The highest BCUT2D eigenvalue weighted by molar-refractivity contribution is 5.54. The van der Waals surface area contributed by atoms with Crippen LogP contribution in [0, 0.1) is 0 Å². The third-order valence-electron chi connectivity index (χ3n) is 4.53. The van der Waals surface area contributed by atoms with Crippen LogP contribution < -0.4 is 10.5 Å². The van der Waals surface area contributed by atoms with Gasteiger partial charge in [0.25, 0.3) is 0 Å². The number of nitrogens with two attached hydrogens (primary N) is 1. The standard InChI is InChI=1S/C16H24N2O2/c1-19-15-7-6-12(10-13(15)17)11-18-8-9-20-16-5-3-2-4-14(16)18/h6-7,10,14,16H,2-5,8-9,11,17H2,1H3. The number of anilines is 1. The first-order valence-electron chi connectivity index (χ1n) is 7.56. The van der Waals surface area contributed by atoms with E-state index in [-0.39, 0.29) is 0 Å². The number of rotatable bonds is 3. The van der Waals surface area contributed by atoms with Crippen LogP contribution in [0.3, 0.4) is 0 Å². The zero-order valence-electron chi connectivity index (χ0n) is 12.2. The van der Waals surface area contributed by atoms with Gasteiger partial charge in [-0.3, -0.25) is 4.90 Å². The third kappa shape index (κ3) is 2.76. The molecule has 1 aromatic carbocycles. The highest BCUT2D eigenvalue weighted by atomic mass is 16.5. The summed E-state index contributed by atoms with van der Waals surface area (Å²) in [6, 6.07) is 6.69. The van der Waals surface area contributed by atoms with Gasteiger partial charge in [-0.1, -0.05) is 18.9 Å². The van der Waals surface area contributed by atoms with Crippen molar-refractivity contribution in [2.24, 2.45) is 0 Å². The highest BCUT2D eigenvalue weighted by Crippen LogP contribution is 2.30. The lowest BCUT2D eigenvalue weighted by molar-refractivity contribution is -0.0911. The van der Waals surface area contributed by atoms with Crippen molar-refractivity contribution in [3.8, 4) is 5.75 Å². The molecule has 2 aliphatic rings. The van der Waals surface area contributed by atoms with Crippen molar-refractivity contribution < 1.29 is 9.47 Å². The molecular weight excluding hydrogens is 252 g/mol. The molecule has 1 aliphatic heterocycles. The summed E-state index contributed by atoms with van der Waals surface area (Å²) in [6.45, 7) is 2.83. The monoisotopic (exact) mass is 276 g/mol. The number of hydrogen-bond acceptors (Lipinski definition) is 4. The van der Waals surface area contributed by atoms with Crippen LogP contribution in [0.4, 0.5) is 5.69 Å². The fourth-order valence-corrected chi connectivity index (χ4v) is 3.49. The molecule has 0 amide bonds. The van der Waals surface area contributed by atoms with E-state index in [0.29, 0.717) is 12.1 Å². The Kier molecular flexibility index (Phi) is 4.13. The fraction of sp³-hybridized carbons (Fsp3) is 0.625. The van der Waals surface area contributed by atoms with Crippen LogP contribution in [0.2, 0.25) is 0 Å². The van der Waals surface area contributed by atoms with Crippen molar-refractivity contribution in [2.45, 2.75) is 44.4 Å². The summed E-state index contributed by atoms with van der Waals surface area (Å²) in [5.74, 6) is 0.756. The summed E-state index contributed by atoms with van der Waals surface area (Å²) in [7, 11) is 1.65. The summed E-state index contributed by atoms with van der Waals surface area (Å²) in [5, 5.41) is 0. The Labute approximate surface area is 120 Å². The lowest BCUT2D eigenvalue weighted by atomic mass is 9.90. The first-order valence-corrected chi connectivity index (χ1v) is 7.56. The van der Waals surface area contributed by atoms with E-state index in [2.05, 4.69) is 11.0 Å². The molecule has 0 spiro atoms. The van der Waals surface area contributed by atoms with Crippen LogP contribution in [0.1, 0.15) is 31.2 Å². The quantitative estimate of drug-likeness (QED) is 0.861. The van der Waals surface area contributed by atoms with Crippen LogP contribution in [0.5, 0.6) is 5.75 Å². The molecule has 2 N–H and O–H groups in total. The predicted octanol–water partition coefficient (Wildman–Crippen LogP) is 2.42. The molecule has 1 saturated carbocycles. The largest absolute Gasteiger partial charge is 0.495 e. The molecule has 2 fully saturated rings. The van der Waals surface area contributed by atoms with Crippen molar-refractivity contribution in [1.29, 1.82) is 0 Å². The molecule has 1 aromatic rings. The number of fused-ring (bicyclic) bond motifs is 1. The number of morpholine rings is 1. The zero-order valence-corrected chi connectivity index (χ0v) is 12.2. The van der Waals surface area contributed by atoms with Crippen molar-refractivity contribution in [2.75, 3.05) is 26.0 Å². The van der Waals surface area contributed by atoms with Crippen molar-refractivity contribution in [1.82, 2.24) is 4.90 Å². The molecule has 20 heavy (non-hydrogen) atoms. The average Bonchev–Trinajstić information content (AvgIpc) is 2.48. The van der Waals surface area contributed by atoms with Crippen LogP contribution >= 0.6 is 0 Å². The Morgan fingerprint density at radius 2 is 2.20 bits per heavy atom. The first kappa shape index (κ1) is 13.7. The van der Waals surface area contributed by atoms with Crippen molar-refractivity contribution >= 4 is 5.69 Å². The number of benzene rings is 1. The third-order valence-corrected chi connectivity index (χ3v) is 4.53. The van der Waals surface area contributed by atoms with Gasteiger partial charge in [0.1, 0.15) is 5.75 Å². The van der Waals surface area contributed by atoms with Crippen molar-refractivity contribution in [3.63, 3.8) is 0 Å². The summed E-state index contributed by atoms with van der Waals surface area (Å²) >= 11 is 0.